The van der Waals surface area contributed by atoms with Crippen molar-refractivity contribution in [2.24, 2.45) is 10.8 Å². The lowest BCUT2D eigenvalue weighted by Gasteiger charge is -2.04. The van der Waals surface area contributed by atoms with Crippen LogP contribution in [0.25, 0.3) is 0 Å². The molecular weight excluding hydrogens is 320 g/mol. The standard InChI is InChI=1S/C18H18N4O3/c1-2-12-3-5-13(6-4-12)11-20-22-18(25)17(24)21-15-9-7-14(8-10-15)16(19)23/h3-11H,2H2,1H3,(H2,19,23)(H,21,24)(H,22,25)/b20-11+. The van der Waals surface area contributed by atoms with Crippen LogP contribution in [-0.2, 0) is 16.0 Å². The van der Waals surface area contributed by atoms with Gasteiger partial charge in [-0.25, -0.2) is 5.43 Å². The van der Waals surface area contributed by atoms with Crippen molar-refractivity contribution in [2.45, 2.75) is 13.3 Å². The van der Waals surface area contributed by atoms with E-state index in [0.29, 0.717) is 11.3 Å². The Kier molecular flexibility index (Phi) is 6.00. The molecule has 0 saturated carbocycles. The summed E-state index contributed by atoms with van der Waals surface area (Å²) in [7, 11) is 0. The first-order chi connectivity index (χ1) is 12.0. The number of nitrogens with zero attached hydrogens (tertiary/aromatic N) is 1. The van der Waals surface area contributed by atoms with Crippen molar-refractivity contribution in [1.29, 1.82) is 0 Å². The molecule has 0 radical (unpaired) electrons. The lowest BCUT2D eigenvalue weighted by Crippen LogP contribution is -2.32. The molecule has 0 spiro atoms. The highest BCUT2D eigenvalue weighted by Crippen LogP contribution is 2.09. The van der Waals surface area contributed by atoms with Gasteiger partial charge in [0.25, 0.3) is 0 Å². The van der Waals surface area contributed by atoms with Crippen LogP contribution in [0.5, 0.6) is 0 Å². The van der Waals surface area contributed by atoms with E-state index in [-0.39, 0.29) is 0 Å². The molecule has 0 unspecified atom stereocenters. The van der Waals surface area contributed by atoms with E-state index >= 15 is 0 Å². The molecule has 2 aromatic rings. The first-order valence-electron chi connectivity index (χ1n) is 7.62. The topological polar surface area (TPSA) is 114 Å². The Balaban J connectivity index is 1.87. The van der Waals surface area contributed by atoms with Crippen molar-refractivity contribution in [3.63, 3.8) is 0 Å². The Labute approximate surface area is 144 Å². The molecule has 128 valence electrons. The summed E-state index contributed by atoms with van der Waals surface area (Å²) in [6.45, 7) is 2.06. The Morgan fingerprint density at radius 2 is 1.64 bits per heavy atom. The summed E-state index contributed by atoms with van der Waals surface area (Å²) in [6, 6.07) is 13.5. The summed E-state index contributed by atoms with van der Waals surface area (Å²) >= 11 is 0. The van der Waals surface area contributed by atoms with E-state index in [0.717, 1.165) is 12.0 Å². The van der Waals surface area contributed by atoms with Crippen molar-refractivity contribution in [2.75, 3.05) is 5.32 Å². The Morgan fingerprint density at radius 1 is 1.00 bits per heavy atom. The molecule has 7 nitrogen and oxygen atoms in total. The zero-order chi connectivity index (χ0) is 18.2. The minimum Gasteiger partial charge on any atom is -0.366 e. The van der Waals surface area contributed by atoms with Gasteiger partial charge in [0.15, 0.2) is 0 Å². The molecule has 25 heavy (non-hydrogen) atoms. The first kappa shape index (κ1) is 17.9. The number of hydrogen-bond acceptors (Lipinski definition) is 4. The SMILES string of the molecule is CCc1ccc(/C=N/NC(=O)C(=O)Nc2ccc(C(N)=O)cc2)cc1. The smallest absolute Gasteiger partial charge is 0.329 e. The molecule has 0 saturated heterocycles. The van der Waals surface area contributed by atoms with E-state index in [1.807, 2.05) is 24.3 Å². The van der Waals surface area contributed by atoms with Crippen LogP contribution >= 0.6 is 0 Å². The molecule has 4 N–H and O–H groups in total. The van der Waals surface area contributed by atoms with Crippen LogP contribution in [0.2, 0.25) is 0 Å². The maximum absolute atomic E-state index is 11.8. The van der Waals surface area contributed by atoms with E-state index in [1.54, 1.807) is 0 Å². The Hall–Kier alpha value is -3.48. The monoisotopic (exact) mass is 338 g/mol. The van der Waals surface area contributed by atoms with E-state index in [4.69, 9.17) is 5.73 Å². The van der Waals surface area contributed by atoms with Crippen molar-refractivity contribution >= 4 is 29.6 Å². The minimum absolute atomic E-state index is 0.307. The third kappa shape index (κ3) is 5.28. The lowest BCUT2D eigenvalue weighted by atomic mass is 10.1. The molecular formula is C18H18N4O3. The summed E-state index contributed by atoms with van der Waals surface area (Å²) in [5.41, 5.74) is 9.95. The van der Waals surface area contributed by atoms with Gasteiger partial charge in [-0.15, -0.1) is 0 Å². The van der Waals surface area contributed by atoms with E-state index in [2.05, 4.69) is 22.8 Å². The third-order valence-corrected chi connectivity index (χ3v) is 3.40. The highest BCUT2D eigenvalue weighted by molar-refractivity contribution is 6.39. The van der Waals surface area contributed by atoms with Crippen LogP contribution in [0.15, 0.2) is 53.6 Å². The number of amides is 3. The zero-order valence-electron chi connectivity index (χ0n) is 13.7. The van der Waals surface area contributed by atoms with Crippen molar-refractivity contribution in [3.05, 3.63) is 65.2 Å². The molecule has 0 aliphatic heterocycles. The van der Waals surface area contributed by atoms with Gasteiger partial charge in [0.1, 0.15) is 0 Å². The second kappa shape index (κ2) is 8.39. The van der Waals surface area contributed by atoms with Crippen molar-refractivity contribution in [3.8, 4) is 0 Å². The number of primary amides is 1. The van der Waals surface area contributed by atoms with E-state index in [1.165, 1.54) is 36.0 Å². The summed E-state index contributed by atoms with van der Waals surface area (Å²) in [5.74, 6) is -2.34. The maximum atomic E-state index is 11.8. The second-order valence-corrected chi connectivity index (χ2v) is 5.19. The zero-order valence-corrected chi connectivity index (χ0v) is 13.7. The maximum Gasteiger partial charge on any atom is 0.329 e. The fraction of sp³-hybridized carbons (Fsp3) is 0.111. The summed E-state index contributed by atoms with van der Waals surface area (Å²) in [4.78, 5) is 34.4. The van der Waals surface area contributed by atoms with Gasteiger partial charge in [0.05, 0.1) is 6.21 Å². The molecule has 0 aromatic heterocycles. The Bertz CT molecular complexity index is 796. The first-order valence-corrected chi connectivity index (χ1v) is 7.62. The predicted molar refractivity (Wildman–Crippen MR) is 95.1 cm³/mol. The molecule has 2 aromatic carbocycles. The van der Waals surface area contributed by atoms with Crippen LogP contribution in [-0.4, -0.2) is 23.9 Å². The number of nitrogens with one attached hydrogen (secondary N) is 2. The largest absolute Gasteiger partial charge is 0.366 e. The quantitative estimate of drug-likeness (QED) is 0.435. The highest BCUT2D eigenvalue weighted by atomic mass is 16.2. The number of benzene rings is 2. The van der Waals surface area contributed by atoms with Gasteiger partial charge in [-0.1, -0.05) is 31.2 Å². The number of hydrogen-bond donors (Lipinski definition) is 3. The second-order valence-electron chi connectivity index (χ2n) is 5.19. The van der Waals surface area contributed by atoms with Crippen molar-refractivity contribution in [1.82, 2.24) is 5.43 Å². The van der Waals surface area contributed by atoms with Gasteiger partial charge in [0, 0.05) is 11.3 Å². The molecule has 0 atom stereocenters. The molecule has 7 heteroatoms. The van der Waals surface area contributed by atoms with Gasteiger partial charge >= 0.3 is 11.8 Å². The van der Waals surface area contributed by atoms with Gasteiger partial charge in [-0.3, -0.25) is 14.4 Å². The molecule has 0 heterocycles. The average Bonchev–Trinajstić information content (AvgIpc) is 2.62. The number of carbonyl (C=O) groups is 3. The van der Waals surface area contributed by atoms with Gasteiger partial charge in [-0.05, 0) is 41.8 Å². The normalized spacial score (nSPS) is 10.4. The fourth-order valence-electron chi connectivity index (χ4n) is 1.96. The molecule has 0 aliphatic rings. The van der Waals surface area contributed by atoms with Gasteiger partial charge in [0.2, 0.25) is 5.91 Å². The molecule has 0 bridgehead atoms. The van der Waals surface area contributed by atoms with Gasteiger partial charge < -0.3 is 11.1 Å². The molecule has 2 rings (SSSR count). The lowest BCUT2D eigenvalue weighted by molar-refractivity contribution is -0.136. The summed E-state index contributed by atoms with van der Waals surface area (Å²) in [5, 5.41) is 6.15. The average molecular weight is 338 g/mol. The summed E-state index contributed by atoms with van der Waals surface area (Å²) in [6.07, 6.45) is 2.39. The van der Waals surface area contributed by atoms with E-state index < -0.39 is 17.7 Å². The van der Waals surface area contributed by atoms with Crippen LogP contribution in [0.4, 0.5) is 5.69 Å². The Morgan fingerprint density at radius 3 is 2.20 bits per heavy atom. The van der Waals surface area contributed by atoms with Crippen LogP contribution in [0.3, 0.4) is 0 Å². The van der Waals surface area contributed by atoms with Crippen molar-refractivity contribution < 1.29 is 14.4 Å². The number of aryl methyl sites for hydroxylation is 1. The number of anilines is 1. The predicted octanol–water partition coefficient (Wildman–Crippen LogP) is 1.44. The minimum atomic E-state index is -0.902. The number of carbonyl (C=O) groups excluding carboxylic acids is 3. The van der Waals surface area contributed by atoms with Crippen LogP contribution in [0, 0.1) is 0 Å². The number of nitrogens with two attached hydrogens (primary N) is 1. The molecule has 0 fully saturated rings. The summed E-state index contributed by atoms with van der Waals surface area (Å²) < 4.78 is 0. The fourth-order valence-corrected chi connectivity index (χ4v) is 1.96. The molecule has 0 aliphatic carbocycles. The van der Waals surface area contributed by atoms with E-state index in [9.17, 15) is 14.4 Å². The number of hydrazone groups is 1. The van der Waals surface area contributed by atoms with Crippen LogP contribution < -0.4 is 16.5 Å². The molecule has 3 amide bonds. The highest BCUT2D eigenvalue weighted by Gasteiger charge is 2.13. The number of rotatable bonds is 5. The van der Waals surface area contributed by atoms with Crippen LogP contribution in [0.1, 0.15) is 28.4 Å². The van der Waals surface area contributed by atoms with Gasteiger partial charge in [-0.2, -0.15) is 5.10 Å². The third-order valence-electron chi connectivity index (χ3n) is 3.40.